The summed E-state index contributed by atoms with van der Waals surface area (Å²) in [7, 11) is 0. The van der Waals surface area contributed by atoms with E-state index in [1.165, 1.54) is 0 Å². The van der Waals surface area contributed by atoms with E-state index in [1.807, 2.05) is 54.6 Å². The molecule has 1 saturated carbocycles. The topological polar surface area (TPSA) is 73.6 Å². The summed E-state index contributed by atoms with van der Waals surface area (Å²) in [4.78, 5) is 12.7. The molecule has 0 spiro atoms. The molecule has 1 saturated heterocycles. The standard InChI is InChI=1S/C23H27FN2O3/c24-16-8-11-19-20(14-16)23(27)26-21(22(19)28-13-12-25)15-6-9-18(10-7-15)29-17-4-2-1-3-5-17/h1-7,9-10,16,19-22H,8,11-14,25H2,(H,26,27). The van der Waals surface area contributed by atoms with Gasteiger partial charge in [0.25, 0.3) is 0 Å². The Bertz CT molecular complexity index is 815. The minimum absolute atomic E-state index is 0.00699. The maximum Gasteiger partial charge on any atom is 0.224 e. The second-order valence-electron chi connectivity index (χ2n) is 7.78. The van der Waals surface area contributed by atoms with Crippen LogP contribution in [0, 0.1) is 11.8 Å². The van der Waals surface area contributed by atoms with E-state index in [-0.39, 0.29) is 36.3 Å². The summed E-state index contributed by atoms with van der Waals surface area (Å²) in [5.74, 6) is 1.07. The van der Waals surface area contributed by atoms with Crippen LogP contribution in [0.25, 0.3) is 0 Å². The minimum atomic E-state index is -0.914. The minimum Gasteiger partial charge on any atom is -0.457 e. The Hall–Kier alpha value is -2.44. The van der Waals surface area contributed by atoms with Crippen LogP contribution in [0.1, 0.15) is 30.9 Å². The van der Waals surface area contributed by atoms with E-state index in [0.29, 0.717) is 26.0 Å². The van der Waals surface area contributed by atoms with Gasteiger partial charge in [0.2, 0.25) is 5.91 Å². The van der Waals surface area contributed by atoms with E-state index >= 15 is 0 Å². The van der Waals surface area contributed by atoms with Crippen molar-refractivity contribution in [2.75, 3.05) is 13.2 Å². The second kappa shape index (κ2) is 8.93. The molecule has 0 aromatic heterocycles. The lowest BCUT2D eigenvalue weighted by Gasteiger charge is -2.45. The number of benzene rings is 2. The SMILES string of the molecule is NCCOC1C(c2ccc(Oc3ccccc3)cc2)NC(=O)C2CC(F)CCC21. The fourth-order valence-corrected chi connectivity index (χ4v) is 4.49. The largest absolute Gasteiger partial charge is 0.457 e. The maximum atomic E-state index is 13.9. The monoisotopic (exact) mass is 398 g/mol. The summed E-state index contributed by atoms with van der Waals surface area (Å²) in [6.07, 6.45) is 0.279. The fraction of sp³-hybridized carbons (Fsp3) is 0.435. The molecule has 1 aliphatic heterocycles. The first-order valence-electron chi connectivity index (χ1n) is 10.2. The molecule has 5 atom stereocenters. The van der Waals surface area contributed by atoms with Crippen LogP contribution < -0.4 is 15.8 Å². The first-order valence-corrected chi connectivity index (χ1v) is 10.2. The van der Waals surface area contributed by atoms with Crippen molar-refractivity contribution >= 4 is 5.91 Å². The number of hydrogen-bond acceptors (Lipinski definition) is 4. The van der Waals surface area contributed by atoms with Gasteiger partial charge >= 0.3 is 0 Å². The molecule has 5 unspecified atom stereocenters. The van der Waals surface area contributed by atoms with E-state index in [0.717, 1.165) is 17.1 Å². The van der Waals surface area contributed by atoms with Crippen LogP contribution in [0.4, 0.5) is 4.39 Å². The molecule has 0 bridgehead atoms. The number of hydrogen-bond donors (Lipinski definition) is 2. The van der Waals surface area contributed by atoms with Crippen LogP contribution in [-0.2, 0) is 9.53 Å². The van der Waals surface area contributed by atoms with Gasteiger partial charge in [-0.25, -0.2) is 4.39 Å². The first kappa shape index (κ1) is 19.9. The van der Waals surface area contributed by atoms with E-state index in [2.05, 4.69) is 5.32 Å². The van der Waals surface area contributed by atoms with Gasteiger partial charge < -0.3 is 20.5 Å². The molecule has 29 heavy (non-hydrogen) atoms. The summed E-state index contributed by atoms with van der Waals surface area (Å²) < 4.78 is 25.8. The number of ether oxygens (including phenoxy) is 2. The van der Waals surface area contributed by atoms with Crippen LogP contribution in [0.5, 0.6) is 11.5 Å². The van der Waals surface area contributed by atoms with Gasteiger partial charge in [0.15, 0.2) is 0 Å². The molecular weight excluding hydrogens is 371 g/mol. The van der Waals surface area contributed by atoms with Gasteiger partial charge in [0.05, 0.1) is 18.8 Å². The normalized spacial score (nSPS) is 29.0. The highest BCUT2D eigenvalue weighted by Crippen LogP contribution is 2.43. The van der Waals surface area contributed by atoms with Gasteiger partial charge in [0, 0.05) is 12.5 Å². The van der Waals surface area contributed by atoms with Gasteiger partial charge in [-0.2, -0.15) is 0 Å². The average molecular weight is 398 g/mol. The predicted octanol–water partition coefficient (Wildman–Crippen LogP) is 3.75. The molecule has 3 N–H and O–H groups in total. The fourth-order valence-electron chi connectivity index (χ4n) is 4.49. The summed E-state index contributed by atoms with van der Waals surface area (Å²) in [5, 5.41) is 3.07. The van der Waals surface area contributed by atoms with E-state index < -0.39 is 6.17 Å². The molecule has 2 aromatic rings. The number of fused-ring (bicyclic) bond motifs is 1. The van der Waals surface area contributed by atoms with Crippen molar-refractivity contribution in [2.24, 2.45) is 17.6 Å². The van der Waals surface area contributed by atoms with Crippen LogP contribution in [0.2, 0.25) is 0 Å². The first-order chi connectivity index (χ1) is 14.2. The van der Waals surface area contributed by atoms with Gasteiger partial charge in [-0.3, -0.25) is 4.79 Å². The Morgan fingerprint density at radius 1 is 1.03 bits per heavy atom. The molecule has 1 amide bonds. The van der Waals surface area contributed by atoms with Crippen molar-refractivity contribution in [3.05, 3.63) is 60.2 Å². The number of nitrogens with one attached hydrogen (secondary N) is 1. The highest BCUT2D eigenvalue weighted by Gasteiger charge is 2.47. The van der Waals surface area contributed by atoms with Crippen LogP contribution in [0.3, 0.4) is 0 Å². The zero-order valence-electron chi connectivity index (χ0n) is 16.3. The molecule has 154 valence electrons. The van der Waals surface area contributed by atoms with Gasteiger partial charge in [-0.05, 0) is 55.0 Å². The molecule has 4 rings (SSSR count). The zero-order chi connectivity index (χ0) is 20.2. The Balaban J connectivity index is 1.54. The Morgan fingerprint density at radius 2 is 1.76 bits per heavy atom. The highest BCUT2D eigenvalue weighted by molar-refractivity contribution is 5.81. The number of rotatable bonds is 6. The predicted molar refractivity (Wildman–Crippen MR) is 108 cm³/mol. The quantitative estimate of drug-likeness (QED) is 0.777. The third kappa shape index (κ3) is 4.43. The molecule has 1 aliphatic carbocycles. The maximum absolute atomic E-state index is 13.9. The van der Waals surface area contributed by atoms with Crippen LogP contribution in [-0.4, -0.2) is 31.3 Å². The van der Waals surface area contributed by atoms with E-state index in [9.17, 15) is 9.18 Å². The molecule has 6 heteroatoms. The molecule has 2 fully saturated rings. The Morgan fingerprint density at radius 3 is 2.48 bits per heavy atom. The number of piperidine rings is 1. The molecule has 2 aliphatic rings. The highest BCUT2D eigenvalue weighted by atomic mass is 19.1. The number of nitrogens with two attached hydrogens (primary N) is 1. The van der Waals surface area contributed by atoms with E-state index in [4.69, 9.17) is 15.2 Å². The van der Waals surface area contributed by atoms with Crippen molar-refractivity contribution in [3.63, 3.8) is 0 Å². The third-order valence-electron chi connectivity index (χ3n) is 5.87. The summed E-state index contributed by atoms with van der Waals surface area (Å²) in [5.41, 5.74) is 6.60. The summed E-state index contributed by atoms with van der Waals surface area (Å²) in [6, 6.07) is 17.0. The van der Waals surface area contributed by atoms with Crippen LogP contribution in [0.15, 0.2) is 54.6 Å². The van der Waals surface area contributed by atoms with Gasteiger partial charge in [-0.1, -0.05) is 30.3 Å². The van der Waals surface area contributed by atoms with E-state index in [1.54, 1.807) is 0 Å². The average Bonchev–Trinajstić information content (AvgIpc) is 2.74. The lowest BCUT2D eigenvalue weighted by Crippen LogP contribution is -2.55. The molecular formula is C23H27FN2O3. The Labute approximate surface area is 170 Å². The molecule has 2 aromatic carbocycles. The lowest BCUT2D eigenvalue weighted by atomic mass is 9.70. The van der Waals surface area contributed by atoms with Gasteiger partial charge in [-0.15, -0.1) is 0 Å². The lowest BCUT2D eigenvalue weighted by molar-refractivity contribution is -0.144. The Kier molecular flexibility index (Phi) is 6.11. The van der Waals surface area contributed by atoms with Crippen molar-refractivity contribution in [3.8, 4) is 11.5 Å². The summed E-state index contributed by atoms with van der Waals surface area (Å²) in [6.45, 7) is 0.818. The third-order valence-corrected chi connectivity index (χ3v) is 5.87. The molecule has 1 heterocycles. The number of halogens is 1. The van der Waals surface area contributed by atoms with Gasteiger partial charge in [0.1, 0.15) is 17.7 Å². The van der Waals surface area contributed by atoms with Crippen molar-refractivity contribution in [1.29, 1.82) is 0 Å². The molecule has 5 nitrogen and oxygen atoms in total. The van der Waals surface area contributed by atoms with Crippen molar-refractivity contribution < 1.29 is 18.7 Å². The number of amides is 1. The number of para-hydroxylation sites is 1. The molecule has 0 radical (unpaired) electrons. The summed E-state index contributed by atoms with van der Waals surface area (Å²) >= 11 is 0. The van der Waals surface area contributed by atoms with Crippen molar-refractivity contribution in [1.82, 2.24) is 5.32 Å². The number of carbonyl (C=O) groups is 1. The second-order valence-corrected chi connectivity index (χ2v) is 7.78. The van der Waals surface area contributed by atoms with Crippen LogP contribution >= 0.6 is 0 Å². The smallest absolute Gasteiger partial charge is 0.224 e. The number of carbonyl (C=O) groups excluding carboxylic acids is 1. The van der Waals surface area contributed by atoms with Crippen molar-refractivity contribution in [2.45, 2.75) is 37.6 Å². The number of alkyl halides is 1. The zero-order valence-corrected chi connectivity index (χ0v) is 16.3.